The first kappa shape index (κ1) is 15.4. The third-order valence-electron chi connectivity index (χ3n) is 2.97. The van der Waals surface area contributed by atoms with Crippen molar-refractivity contribution in [2.75, 3.05) is 23.5 Å². The maximum absolute atomic E-state index is 12.2. The van der Waals surface area contributed by atoms with Crippen LogP contribution in [0, 0.1) is 0 Å². The molecular formula is C16H17N3O3. The smallest absolute Gasteiger partial charge is 0.257 e. The molecule has 0 aliphatic heterocycles. The minimum Gasteiger partial charge on any atom is -0.497 e. The van der Waals surface area contributed by atoms with Crippen LogP contribution >= 0.6 is 0 Å². The van der Waals surface area contributed by atoms with Crippen LogP contribution in [0.3, 0.4) is 0 Å². The molecule has 0 saturated heterocycles. The van der Waals surface area contributed by atoms with Gasteiger partial charge in [-0.1, -0.05) is 0 Å². The minimum atomic E-state index is -0.313. The quantitative estimate of drug-likeness (QED) is 0.756. The van der Waals surface area contributed by atoms with Gasteiger partial charge < -0.3 is 21.1 Å². The Hall–Kier alpha value is -3.02. The van der Waals surface area contributed by atoms with Gasteiger partial charge in [-0.05, 0) is 36.4 Å². The fraction of sp³-hybridized carbons (Fsp3) is 0.125. The van der Waals surface area contributed by atoms with Crippen molar-refractivity contribution >= 4 is 28.9 Å². The molecule has 0 aliphatic carbocycles. The van der Waals surface area contributed by atoms with E-state index in [0.717, 1.165) is 0 Å². The van der Waals surface area contributed by atoms with E-state index in [1.54, 1.807) is 42.5 Å². The average Bonchev–Trinajstić information content (AvgIpc) is 2.48. The van der Waals surface area contributed by atoms with Gasteiger partial charge in [0, 0.05) is 30.1 Å². The van der Waals surface area contributed by atoms with Gasteiger partial charge in [0.05, 0.1) is 12.7 Å². The van der Waals surface area contributed by atoms with E-state index in [0.29, 0.717) is 28.4 Å². The van der Waals surface area contributed by atoms with Crippen molar-refractivity contribution in [1.82, 2.24) is 0 Å². The molecule has 0 fully saturated rings. The van der Waals surface area contributed by atoms with Crippen LogP contribution in [0.4, 0.5) is 17.1 Å². The van der Waals surface area contributed by atoms with Crippen LogP contribution in [0.15, 0.2) is 42.5 Å². The van der Waals surface area contributed by atoms with Gasteiger partial charge in [0.25, 0.3) is 5.91 Å². The molecule has 22 heavy (non-hydrogen) atoms. The summed E-state index contributed by atoms with van der Waals surface area (Å²) >= 11 is 0. The molecule has 2 aromatic rings. The lowest BCUT2D eigenvalue weighted by atomic mass is 10.1. The Morgan fingerprint density at radius 3 is 2.09 bits per heavy atom. The highest BCUT2D eigenvalue weighted by Crippen LogP contribution is 2.21. The number of ether oxygens (including phenoxy) is 1. The number of benzene rings is 2. The molecule has 0 atom stereocenters. The SMILES string of the molecule is COc1ccc(C(=O)Nc2ccc(NC(C)=O)cc2)c(N)c1. The third-order valence-corrected chi connectivity index (χ3v) is 2.97. The Balaban J connectivity index is 2.10. The molecule has 2 amide bonds. The standard InChI is InChI=1S/C16H17N3O3/c1-10(20)18-11-3-5-12(6-4-11)19-16(21)14-8-7-13(22-2)9-15(14)17/h3-9H,17H2,1-2H3,(H,18,20)(H,19,21). The number of nitrogen functional groups attached to an aromatic ring is 1. The number of hydrogen-bond acceptors (Lipinski definition) is 4. The molecule has 0 unspecified atom stereocenters. The van der Waals surface area contributed by atoms with E-state index in [9.17, 15) is 9.59 Å². The maximum Gasteiger partial charge on any atom is 0.257 e. The van der Waals surface area contributed by atoms with Crippen LogP contribution in [-0.2, 0) is 4.79 Å². The number of rotatable bonds is 4. The van der Waals surface area contributed by atoms with E-state index in [4.69, 9.17) is 10.5 Å². The number of carbonyl (C=O) groups is 2. The first-order chi connectivity index (χ1) is 10.5. The highest BCUT2D eigenvalue weighted by molar-refractivity contribution is 6.08. The van der Waals surface area contributed by atoms with Crippen LogP contribution in [0.1, 0.15) is 17.3 Å². The van der Waals surface area contributed by atoms with Crippen molar-refractivity contribution in [3.05, 3.63) is 48.0 Å². The van der Waals surface area contributed by atoms with Crippen molar-refractivity contribution in [1.29, 1.82) is 0 Å². The lowest BCUT2D eigenvalue weighted by molar-refractivity contribution is -0.114. The van der Waals surface area contributed by atoms with Crippen LogP contribution in [0.5, 0.6) is 5.75 Å². The molecule has 6 nitrogen and oxygen atoms in total. The number of methoxy groups -OCH3 is 1. The van der Waals surface area contributed by atoms with Gasteiger partial charge in [-0.3, -0.25) is 9.59 Å². The number of carbonyl (C=O) groups excluding carboxylic acids is 2. The predicted molar refractivity (Wildman–Crippen MR) is 86.1 cm³/mol. The molecule has 4 N–H and O–H groups in total. The number of nitrogens with two attached hydrogens (primary N) is 1. The van der Waals surface area contributed by atoms with E-state index in [2.05, 4.69) is 10.6 Å². The van der Waals surface area contributed by atoms with Crippen molar-refractivity contribution in [2.45, 2.75) is 6.92 Å². The summed E-state index contributed by atoms with van der Waals surface area (Å²) < 4.78 is 5.05. The molecule has 0 spiro atoms. The minimum absolute atomic E-state index is 0.150. The number of amides is 2. The van der Waals surface area contributed by atoms with Crippen molar-refractivity contribution in [3.63, 3.8) is 0 Å². The molecular weight excluding hydrogens is 282 g/mol. The Labute approximate surface area is 128 Å². The van der Waals surface area contributed by atoms with E-state index < -0.39 is 0 Å². The summed E-state index contributed by atoms with van der Waals surface area (Å²) in [7, 11) is 1.53. The van der Waals surface area contributed by atoms with E-state index in [1.165, 1.54) is 14.0 Å². The molecule has 114 valence electrons. The summed E-state index contributed by atoms with van der Waals surface area (Å²) in [6, 6.07) is 11.7. The van der Waals surface area contributed by atoms with Gasteiger partial charge in [-0.2, -0.15) is 0 Å². The average molecular weight is 299 g/mol. The van der Waals surface area contributed by atoms with Gasteiger partial charge in [0.2, 0.25) is 5.91 Å². The lowest BCUT2D eigenvalue weighted by Gasteiger charge is -2.09. The number of anilines is 3. The second kappa shape index (κ2) is 6.62. The Morgan fingerprint density at radius 2 is 1.59 bits per heavy atom. The maximum atomic E-state index is 12.2. The molecule has 0 radical (unpaired) electrons. The monoisotopic (exact) mass is 299 g/mol. The molecule has 0 aromatic heterocycles. The number of nitrogens with one attached hydrogen (secondary N) is 2. The zero-order valence-corrected chi connectivity index (χ0v) is 12.3. The second-order valence-electron chi connectivity index (χ2n) is 4.67. The van der Waals surface area contributed by atoms with Gasteiger partial charge in [-0.15, -0.1) is 0 Å². The third kappa shape index (κ3) is 3.76. The van der Waals surface area contributed by atoms with E-state index in [1.807, 2.05) is 0 Å². The first-order valence-electron chi connectivity index (χ1n) is 6.62. The van der Waals surface area contributed by atoms with Crippen LogP contribution in [0.25, 0.3) is 0 Å². The Kier molecular flexibility index (Phi) is 4.63. The molecule has 2 aromatic carbocycles. The molecule has 0 aliphatic rings. The predicted octanol–water partition coefficient (Wildman–Crippen LogP) is 2.49. The molecule has 0 heterocycles. The highest BCUT2D eigenvalue weighted by atomic mass is 16.5. The summed E-state index contributed by atoms with van der Waals surface area (Å²) in [4.78, 5) is 23.1. The molecule has 2 rings (SSSR count). The normalized spacial score (nSPS) is 9.91. The van der Waals surface area contributed by atoms with Crippen molar-refractivity contribution in [2.24, 2.45) is 0 Å². The summed E-state index contributed by atoms with van der Waals surface area (Å²) in [5.74, 6) is 0.129. The zero-order chi connectivity index (χ0) is 16.1. The number of hydrogen-bond donors (Lipinski definition) is 3. The van der Waals surface area contributed by atoms with Gasteiger partial charge in [0.1, 0.15) is 5.75 Å². The van der Waals surface area contributed by atoms with E-state index >= 15 is 0 Å². The van der Waals surface area contributed by atoms with Crippen molar-refractivity contribution in [3.8, 4) is 5.75 Å². The van der Waals surface area contributed by atoms with Gasteiger partial charge in [-0.25, -0.2) is 0 Å². The second-order valence-corrected chi connectivity index (χ2v) is 4.67. The Morgan fingerprint density at radius 1 is 1.00 bits per heavy atom. The van der Waals surface area contributed by atoms with Gasteiger partial charge in [0.15, 0.2) is 0 Å². The van der Waals surface area contributed by atoms with Crippen molar-refractivity contribution < 1.29 is 14.3 Å². The first-order valence-corrected chi connectivity index (χ1v) is 6.62. The topological polar surface area (TPSA) is 93.5 Å². The van der Waals surface area contributed by atoms with Crippen LogP contribution in [0.2, 0.25) is 0 Å². The fourth-order valence-corrected chi connectivity index (χ4v) is 1.91. The summed E-state index contributed by atoms with van der Waals surface area (Å²) in [5, 5.41) is 5.40. The molecule has 0 saturated carbocycles. The largest absolute Gasteiger partial charge is 0.497 e. The van der Waals surface area contributed by atoms with Crippen LogP contribution in [-0.4, -0.2) is 18.9 Å². The molecule has 0 bridgehead atoms. The van der Waals surface area contributed by atoms with E-state index in [-0.39, 0.29) is 11.8 Å². The van der Waals surface area contributed by atoms with Gasteiger partial charge >= 0.3 is 0 Å². The van der Waals surface area contributed by atoms with Crippen LogP contribution < -0.4 is 21.1 Å². The zero-order valence-electron chi connectivity index (χ0n) is 12.3. The summed E-state index contributed by atoms with van der Waals surface area (Å²) in [5.41, 5.74) is 7.82. The summed E-state index contributed by atoms with van der Waals surface area (Å²) in [6.45, 7) is 1.43. The fourth-order valence-electron chi connectivity index (χ4n) is 1.91. The highest BCUT2D eigenvalue weighted by Gasteiger charge is 2.11. The summed E-state index contributed by atoms with van der Waals surface area (Å²) in [6.07, 6.45) is 0. The molecule has 6 heteroatoms. The lowest BCUT2D eigenvalue weighted by Crippen LogP contribution is -2.14. The Bertz CT molecular complexity index is 696.